The van der Waals surface area contributed by atoms with Crippen molar-refractivity contribution in [2.45, 2.75) is 11.7 Å². The number of anilines is 1. The van der Waals surface area contributed by atoms with Crippen molar-refractivity contribution in [2.75, 3.05) is 11.1 Å². The van der Waals surface area contributed by atoms with Crippen LogP contribution in [0, 0.1) is 0 Å². The summed E-state index contributed by atoms with van der Waals surface area (Å²) in [7, 11) is 0. The van der Waals surface area contributed by atoms with Gasteiger partial charge in [-0.05, 0) is 24.3 Å². The molecule has 5 nitrogen and oxygen atoms in total. The van der Waals surface area contributed by atoms with Gasteiger partial charge in [-0.1, -0.05) is 23.4 Å². The number of amides is 1. The van der Waals surface area contributed by atoms with E-state index in [0.29, 0.717) is 22.4 Å². The zero-order chi connectivity index (χ0) is 14.1. The van der Waals surface area contributed by atoms with E-state index < -0.39 is 5.91 Å². The number of thioether (sulfide) groups is 1. The van der Waals surface area contributed by atoms with Crippen LogP contribution >= 0.6 is 23.4 Å². The average Bonchev–Trinajstić information content (AvgIpc) is 2.91. The number of hydrogen-bond acceptors (Lipinski definition) is 4. The Kier molecular flexibility index (Phi) is 3.50. The Bertz CT molecular complexity index is 727. The van der Waals surface area contributed by atoms with Gasteiger partial charge in [0.25, 0.3) is 11.5 Å². The average molecular weight is 308 g/mol. The fourth-order valence-corrected chi connectivity index (χ4v) is 2.94. The number of carbonyl (C=O) groups is 1. The van der Waals surface area contributed by atoms with E-state index in [0.717, 1.165) is 5.75 Å². The number of benzene rings is 1. The van der Waals surface area contributed by atoms with Crippen LogP contribution in [-0.4, -0.2) is 21.2 Å². The number of nitrogens with one attached hydrogen (secondary N) is 1. The van der Waals surface area contributed by atoms with Crippen LogP contribution in [0.25, 0.3) is 0 Å². The number of halogens is 1. The molecule has 102 valence electrons. The van der Waals surface area contributed by atoms with Crippen molar-refractivity contribution in [1.29, 1.82) is 0 Å². The Balaban J connectivity index is 1.88. The predicted octanol–water partition coefficient (Wildman–Crippen LogP) is 2.25. The van der Waals surface area contributed by atoms with Crippen molar-refractivity contribution >= 4 is 35.0 Å². The summed E-state index contributed by atoms with van der Waals surface area (Å²) in [6, 6.07) is 6.69. The molecule has 1 aromatic carbocycles. The van der Waals surface area contributed by atoms with Crippen molar-refractivity contribution in [3.05, 3.63) is 51.4 Å². The highest BCUT2D eigenvalue weighted by molar-refractivity contribution is 7.99. The minimum Gasteiger partial charge on any atom is -0.322 e. The van der Waals surface area contributed by atoms with Crippen LogP contribution in [0.5, 0.6) is 0 Å². The van der Waals surface area contributed by atoms with Gasteiger partial charge in [-0.15, -0.1) is 0 Å². The Morgan fingerprint density at radius 3 is 2.85 bits per heavy atom. The number of carbonyl (C=O) groups excluding carboxylic acids is 1. The lowest BCUT2D eigenvalue weighted by atomic mass is 10.2. The molecule has 20 heavy (non-hydrogen) atoms. The first-order valence-corrected chi connectivity index (χ1v) is 7.31. The number of fused-ring (bicyclic) bond motifs is 1. The molecule has 0 unspecified atom stereocenters. The molecule has 0 aliphatic carbocycles. The maximum absolute atomic E-state index is 12.2. The topological polar surface area (TPSA) is 64.0 Å². The predicted molar refractivity (Wildman–Crippen MR) is 78.6 cm³/mol. The molecule has 0 bridgehead atoms. The van der Waals surface area contributed by atoms with Crippen molar-refractivity contribution in [2.24, 2.45) is 0 Å². The second-order valence-electron chi connectivity index (χ2n) is 4.22. The van der Waals surface area contributed by atoms with E-state index >= 15 is 0 Å². The summed E-state index contributed by atoms with van der Waals surface area (Å²) in [5, 5.41) is 3.91. The minimum absolute atomic E-state index is 0.0474. The lowest BCUT2D eigenvalue weighted by molar-refractivity contribution is 0.102. The molecule has 1 aliphatic rings. The van der Waals surface area contributed by atoms with Gasteiger partial charge in [0, 0.05) is 29.2 Å². The van der Waals surface area contributed by atoms with Crippen molar-refractivity contribution in [3.63, 3.8) is 0 Å². The second kappa shape index (κ2) is 5.30. The molecular weight excluding hydrogens is 298 g/mol. The Morgan fingerprint density at radius 1 is 1.35 bits per heavy atom. The van der Waals surface area contributed by atoms with Gasteiger partial charge in [-0.25, -0.2) is 4.98 Å². The monoisotopic (exact) mass is 307 g/mol. The molecule has 3 rings (SSSR count). The highest BCUT2D eigenvalue weighted by atomic mass is 35.5. The lowest BCUT2D eigenvalue weighted by Gasteiger charge is -2.06. The van der Waals surface area contributed by atoms with Gasteiger partial charge < -0.3 is 5.32 Å². The largest absolute Gasteiger partial charge is 0.322 e. The van der Waals surface area contributed by atoms with Gasteiger partial charge in [0.15, 0.2) is 5.16 Å². The fraction of sp³-hybridized carbons (Fsp3) is 0.154. The molecule has 7 heteroatoms. The van der Waals surface area contributed by atoms with E-state index in [4.69, 9.17) is 11.6 Å². The van der Waals surface area contributed by atoms with Gasteiger partial charge in [-0.2, -0.15) is 0 Å². The standard InChI is InChI=1S/C13H10ClN3O2S/c14-8-1-3-9(4-2-8)16-11(18)10-7-15-13-17(12(10)19)5-6-20-13/h1-4,7H,5-6H2,(H,16,18). The second-order valence-corrected chi connectivity index (χ2v) is 5.72. The molecular formula is C13H10ClN3O2S. The van der Waals surface area contributed by atoms with Crippen LogP contribution in [0.1, 0.15) is 10.4 Å². The number of nitrogens with zero attached hydrogens (tertiary/aromatic N) is 2. The molecule has 0 saturated heterocycles. The third-order valence-corrected chi connectivity index (χ3v) is 4.13. The molecule has 2 heterocycles. The van der Waals surface area contributed by atoms with Crippen molar-refractivity contribution in [3.8, 4) is 0 Å². The van der Waals surface area contributed by atoms with Crippen LogP contribution in [-0.2, 0) is 6.54 Å². The zero-order valence-electron chi connectivity index (χ0n) is 10.3. The first-order chi connectivity index (χ1) is 9.65. The molecule has 0 radical (unpaired) electrons. The van der Waals surface area contributed by atoms with Crippen molar-refractivity contribution in [1.82, 2.24) is 9.55 Å². The zero-order valence-corrected chi connectivity index (χ0v) is 11.9. The quantitative estimate of drug-likeness (QED) is 0.864. The third-order valence-electron chi connectivity index (χ3n) is 2.90. The molecule has 1 aliphatic heterocycles. The molecule has 1 N–H and O–H groups in total. The smallest absolute Gasteiger partial charge is 0.267 e. The third kappa shape index (κ3) is 2.44. The maximum Gasteiger partial charge on any atom is 0.267 e. The van der Waals surface area contributed by atoms with E-state index in [2.05, 4.69) is 10.3 Å². The van der Waals surface area contributed by atoms with E-state index in [9.17, 15) is 9.59 Å². The number of hydrogen-bond donors (Lipinski definition) is 1. The molecule has 1 amide bonds. The van der Waals surface area contributed by atoms with Crippen LogP contribution in [0.4, 0.5) is 5.69 Å². The molecule has 0 saturated carbocycles. The van der Waals surface area contributed by atoms with Gasteiger partial charge in [0.1, 0.15) is 5.56 Å². The van der Waals surface area contributed by atoms with Crippen LogP contribution in [0.15, 0.2) is 40.4 Å². The van der Waals surface area contributed by atoms with E-state index in [1.807, 2.05) is 0 Å². The Morgan fingerprint density at radius 2 is 2.10 bits per heavy atom. The Labute approximate surface area is 124 Å². The number of aromatic nitrogens is 2. The first kappa shape index (κ1) is 13.2. The van der Waals surface area contributed by atoms with Gasteiger partial charge in [-0.3, -0.25) is 14.2 Å². The summed E-state index contributed by atoms with van der Waals surface area (Å²) in [5.41, 5.74) is 0.330. The van der Waals surface area contributed by atoms with Crippen LogP contribution in [0.2, 0.25) is 5.02 Å². The highest BCUT2D eigenvalue weighted by Gasteiger charge is 2.19. The van der Waals surface area contributed by atoms with Crippen LogP contribution < -0.4 is 10.9 Å². The fourth-order valence-electron chi connectivity index (χ4n) is 1.90. The summed E-state index contributed by atoms with van der Waals surface area (Å²) in [6.45, 7) is 0.591. The minimum atomic E-state index is -0.461. The van der Waals surface area contributed by atoms with Crippen LogP contribution in [0.3, 0.4) is 0 Å². The first-order valence-electron chi connectivity index (χ1n) is 5.95. The summed E-state index contributed by atoms with van der Waals surface area (Å²) in [5.74, 6) is 0.349. The lowest BCUT2D eigenvalue weighted by Crippen LogP contribution is -2.29. The Hall–Kier alpha value is -1.79. The van der Waals surface area contributed by atoms with Gasteiger partial charge in [0.05, 0.1) is 0 Å². The highest BCUT2D eigenvalue weighted by Crippen LogP contribution is 2.20. The molecule has 0 atom stereocenters. The van der Waals surface area contributed by atoms with Gasteiger partial charge in [0.2, 0.25) is 0 Å². The summed E-state index contributed by atoms with van der Waals surface area (Å²) in [4.78, 5) is 28.4. The van der Waals surface area contributed by atoms with Gasteiger partial charge >= 0.3 is 0 Å². The van der Waals surface area contributed by atoms with E-state index in [1.165, 1.54) is 22.5 Å². The van der Waals surface area contributed by atoms with E-state index in [1.54, 1.807) is 24.3 Å². The molecule has 0 spiro atoms. The summed E-state index contributed by atoms with van der Waals surface area (Å²) in [6.07, 6.45) is 1.33. The van der Waals surface area contributed by atoms with Crippen molar-refractivity contribution < 1.29 is 4.79 Å². The normalized spacial score (nSPS) is 13.1. The molecule has 0 fully saturated rings. The maximum atomic E-state index is 12.2. The SMILES string of the molecule is O=C(Nc1ccc(Cl)cc1)c1cnc2n(c1=O)CCS2. The summed E-state index contributed by atoms with van der Waals surface area (Å²) < 4.78 is 1.53. The molecule has 1 aromatic heterocycles. The number of rotatable bonds is 2. The summed E-state index contributed by atoms with van der Waals surface area (Å²) >= 11 is 7.29. The van der Waals surface area contributed by atoms with E-state index in [-0.39, 0.29) is 11.1 Å². The molecule has 2 aromatic rings.